The molecule has 0 aliphatic heterocycles. The number of hydrogen-bond donors (Lipinski definition) is 0. The van der Waals surface area contributed by atoms with E-state index in [-0.39, 0.29) is 0 Å². The molecule has 0 aliphatic rings. The number of fused-ring (bicyclic) bond motifs is 1. The molecular formula is C29H22N2O3. The SMILES string of the molecule is COc1ccc(-c2nn(-c3ccccc3)cc2C=CC(=O)Oc2ccc3ccccc3c2)cc1. The van der Waals surface area contributed by atoms with Crippen LogP contribution >= 0.6 is 0 Å². The zero-order valence-corrected chi connectivity index (χ0v) is 18.6. The van der Waals surface area contributed by atoms with Gasteiger partial charge in [0.05, 0.1) is 18.5 Å². The molecule has 5 rings (SSSR count). The average Bonchev–Trinajstić information content (AvgIpc) is 3.32. The number of rotatable bonds is 6. The molecule has 0 N–H and O–H groups in total. The van der Waals surface area contributed by atoms with Crippen LogP contribution in [0.5, 0.6) is 11.5 Å². The molecule has 0 radical (unpaired) electrons. The summed E-state index contributed by atoms with van der Waals surface area (Å²) in [7, 11) is 1.63. The summed E-state index contributed by atoms with van der Waals surface area (Å²) in [6.45, 7) is 0. The second kappa shape index (κ2) is 9.46. The van der Waals surface area contributed by atoms with Crippen LogP contribution in [0, 0.1) is 0 Å². The first-order chi connectivity index (χ1) is 16.7. The summed E-state index contributed by atoms with van der Waals surface area (Å²) in [4.78, 5) is 12.6. The predicted octanol–water partition coefficient (Wildman–Crippen LogP) is 6.32. The van der Waals surface area contributed by atoms with E-state index < -0.39 is 5.97 Å². The largest absolute Gasteiger partial charge is 0.497 e. The maximum absolute atomic E-state index is 12.6. The number of methoxy groups -OCH3 is 1. The number of esters is 1. The molecule has 34 heavy (non-hydrogen) atoms. The molecule has 5 nitrogen and oxygen atoms in total. The van der Waals surface area contributed by atoms with Crippen LogP contribution in [0.25, 0.3) is 33.8 Å². The van der Waals surface area contributed by atoms with Crippen LogP contribution < -0.4 is 9.47 Å². The van der Waals surface area contributed by atoms with Gasteiger partial charge in [-0.05, 0) is 65.4 Å². The summed E-state index contributed by atoms with van der Waals surface area (Å²) < 4.78 is 12.6. The van der Waals surface area contributed by atoms with E-state index in [0.717, 1.165) is 39.0 Å². The third kappa shape index (κ3) is 4.59. The van der Waals surface area contributed by atoms with E-state index in [0.29, 0.717) is 5.75 Å². The molecule has 0 unspecified atom stereocenters. The summed E-state index contributed by atoms with van der Waals surface area (Å²) >= 11 is 0. The summed E-state index contributed by atoms with van der Waals surface area (Å²) in [5, 5.41) is 6.88. The molecule has 4 aromatic carbocycles. The van der Waals surface area contributed by atoms with Gasteiger partial charge < -0.3 is 9.47 Å². The number of carbonyl (C=O) groups excluding carboxylic acids is 1. The number of ether oxygens (including phenoxy) is 2. The van der Waals surface area contributed by atoms with Crippen LogP contribution in [0.3, 0.4) is 0 Å². The number of aromatic nitrogens is 2. The first-order valence-corrected chi connectivity index (χ1v) is 10.9. The molecular weight excluding hydrogens is 424 g/mol. The Hall–Kier alpha value is -4.64. The van der Waals surface area contributed by atoms with Gasteiger partial charge >= 0.3 is 5.97 Å². The highest BCUT2D eigenvalue weighted by atomic mass is 16.5. The van der Waals surface area contributed by atoms with E-state index in [9.17, 15) is 4.79 Å². The monoisotopic (exact) mass is 446 g/mol. The number of hydrogen-bond acceptors (Lipinski definition) is 4. The Labute approximate surface area is 197 Å². The highest BCUT2D eigenvalue weighted by Gasteiger charge is 2.12. The van der Waals surface area contributed by atoms with Gasteiger partial charge in [-0.2, -0.15) is 5.10 Å². The second-order valence-electron chi connectivity index (χ2n) is 7.71. The van der Waals surface area contributed by atoms with Gasteiger partial charge in [0.2, 0.25) is 0 Å². The summed E-state index contributed by atoms with van der Waals surface area (Å²) in [6, 6.07) is 31.0. The lowest BCUT2D eigenvalue weighted by atomic mass is 10.1. The molecule has 1 heterocycles. The van der Waals surface area contributed by atoms with Crippen molar-refractivity contribution in [3.05, 3.63) is 115 Å². The fraction of sp³-hybridized carbons (Fsp3) is 0.0345. The minimum absolute atomic E-state index is 0.455. The van der Waals surface area contributed by atoms with Crippen molar-refractivity contribution in [1.82, 2.24) is 9.78 Å². The van der Waals surface area contributed by atoms with Crippen LogP contribution in [-0.2, 0) is 4.79 Å². The Morgan fingerprint density at radius 1 is 0.824 bits per heavy atom. The number of carbonyl (C=O) groups is 1. The van der Waals surface area contributed by atoms with Crippen molar-refractivity contribution >= 4 is 22.8 Å². The van der Waals surface area contributed by atoms with Gasteiger partial charge in [-0.1, -0.05) is 48.5 Å². The third-order valence-corrected chi connectivity index (χ3v) is 5.47. The fourth-order valence-corrected chi connectivity index (χ4v) is 3.73. The number of nitrogens with zero attached hydrogens (tertiary/aromatic N) is 2. The highest BCUT2D eigenvalue weighted by molar-refractivity contribution is 5.91. The summed E-state index contributed by atoms with van der Waals surface area (Å²) in [5.41, 5.74) is 3.39. The van der Waals surface area contributed by atoms with Gasteiger partial charge in [0.25, 0.3) is 0 Å². The maximum Gasteiger partial charge on any atom is 0.336 e. The van der Waals surface area contributed by atoms with Crippen molar-refractivity contribution in [2.45, 2.75) is 0 Å². The minimum Gasteiger partial charge on any atom is -0.497 e. The average molecular weight is 447 g/mol. The van der Waals surface area contributed by atoms with Crippen LogP contribution in [0.15, 0.2) is 109 Å². The first kappa shape index (κ1) is 21.2. The zero-order chi connectivity index (χ0) is 23.3. The normalized spacial score (nSPS) is 11.1. The van der Waals surface area contributed by atoms with Gasteiger partial charge in [-0.25, -0.2) is 9.48 Å². The molecule has 0 spiro atoms. The summed E-state index contributed by atoms with van der Waals surface area (Å²) in [5.74, 6) is 0.814. The Morgan fingerprint density at radius 2 is 1.53 bits per heavy atom. The lowest BCUT2D eigenvalue weighted by molar-refractivity contribution is -0.128. The van der Waals surface area contributed by atoms with Gasteiger partial charge in [0, 0.05) is 23.4 Å². The van der Waals surface area contributed by atoms with E-state index in [1.807, 2.05) is 97.2 Å². The molecule has 5 heteroatoms. The molecule has 0 aliphatic carbocycles. The van der Waals surface area contributed by atoms with E-state index in [1.54, 1.807) is 23.9 Å². The van der Waals surface area contributed by atoms with Gasteiger partial charge in [0.1, 0.15) is 11.5 Å². The Morgan fingerprint density at radius 3 is 2.29 bits per heavy atom. The molecule has 1 aromatic heterocycles. The molecule has 0 atom stereocenters. The molecule has 0 saturated heterocycles. The molecule has 0 fully saturated rings. The maximum atomic E-state index is 12.6. The molecule has 0 amide bonds. The highest BCUT2D eigenvalue weighted by Crippen LogP contribution is 2.27. The Kier molecular flexibility index (Phi) is 5.91. The third-order valence-electron chi connectivity index (χ3n) is 5.47. The lowest BCUT2D eigenvalue weighted by Gasteiger charge is -2.04. The lowest BCUT2D eigenvalue weighted by Crippen LogP contribution is -2.03. The second-order valence-corrected chi connectivity index (χ2v) is 7.71. The van der Waals surface area contributed by atoms with Crippen LogP contribution in [0.2, 0.25) is 0 Å². The Bertz CT molecular complexity index is 1470. The van der Waals surface area contributed by atoms with E-state index in [1.165, 1.54) is 6.08 Å². The van der Waals surface area contributed by atoms with E-state index >= 15 is 0 Å². The predicted molar refractivity (Wildman–Crippen MR) is 134 cm³/mol. The quantitative estimate of drug-likeness (QED) is 0.174. The van der Waals surface area contributed by atoms with Crippen molar-refractivity contribution in [1.29, 1.82) is 0 Å². The van der Waals surface area contributed by atoms with Crippen LogP contribution in [-0.4, -0.2) is 22.9 Å². The van der Waals surface area contributed by atoms with Crippen LogP contribution in [0.1, 0.15) is 5.56 Å². The summed E-state index contributed by atoms with van der Waals surface area (Å²) in [6.07, 6.45) is 5.05. The molecule has 0 saturated carbocycles. The van der Waals surface area contributed by atoms with Crippen molar-refractivity contribution in [3.63, 3.8) is 0 Å². The smallest absolute Gasteiger partial charge is 0.336 e. The van der Waals surface area contributed by atoms with Gasteiger partial charge in [-0.15, -0.1) is 0 Å². The van der Waals surface area contributed by atoms with Crippen LogP contribution in [0.4, 0.5) is 0 Å². The fourth-order valence-electron chi connectivity index (χ4n) is 3.73. The molecule has 5 aromatic rings. The van der Waals surface area contributed by atoms with Crippen molar-refractivity contribution < 1.29 is 14.3 Å². The molecule has 166 valence electrons. The van der Waals surface area contributed by atoms with Crippen molar-refractivity contribution in [2.24, 2.45) is 0 Å². The van der Waals surface area contributed by atoms with E-state index in [4.69, 9.17) is 14.6 Å². The number of para-hydroxylation sites is 1. The topological polar surface area (TPSA) is 53.4 Å². The Balaban J connectivity index is 1.43. The first-order valence-electron chi connectivity index (χ1n) is 10.9. The standard InChI is InChI=1S/C29H22N2O3/c1-33-26-15-12-22(13-16-26)29-24(20-31(30-29)25-9-3-2-4-10-25)14-18-28(32)34-27-17-11-21-7-5-6-8-23(21)19-27/h2-20H,1H3. The van der Waals surface area contributed by atoms with Crippen molar-refractivity contribution in [3.8, 4) is 28.4 Å². The molecule has 0 bridgehead atoms. The van der Waals surface area contributed by atoms with Gasteiger partial charge in [0.15, 0.2) is 0 Å². The van der Waals surface area contributed by atoms with Crippen molar-refractivity contribution in [2.75, 3.05) is 7.11 Å². The number of benzene rings is 4. The zero-order valence-electron chi connectivity index (χ0n) is 18.6. The minimum atomic E-state index is -0.455. The van der Waals surface area contributed by atoms with E-state index in [2.05, 4.69) is 0 Å². The van der Waals surface area contributed by atoms with Gasteiger partial charge in [-0.3, -0.25) is 0 Å².